The molecule has 2 aromatic rings. The molecule has 0 saturated heterocycles. The maximum absolute atomic E-state index is 6.21. The number of nitrogens with one attached hydrogen (secondary N) is 1. The van der Waals surface area contributed by atoms with E-state index in [1.807, 2.05) is 24.4 Å². The number of aromatic nitrogens is 1. The molecular weight excluding hydrogens is 254 g/mol. The second-order valence-electron chi connectivity index (χ2n) is 3.93. The molecule has 1 atom stereocenters. The monoisotopic (exact) mass is 267 g/mol. The van der Waals surface area contributed by atoms with Gasteiger partial charge in [-0.3, -0.25) is 11.3 Å². The minimum absolute atomic E-state index is 0.00135. The first kappa shape index (κ1) is 12.5. The topological polar surface area (TPSA) is 50.9 Å². The molecule has 0 saturated carbocycles. The number of hydrogen-bond donors (Lipinski definition) is 2. The number of rotatable bonds is 4. The first-order chi connectivity index (χ1) is 8.20. The molecule has 3 N–H and O–H groups in total. The number of benzene rings is 1. The van der Waals surface area contributed by atoms with Crippen molar-refractivity contribution in [3.8, 4) is 0 Å². The molecule has 0 spiro atoms. The van der Waals surface area contributed by atoms with Gasteiger partial charge in [-0.2, -0.15) is 0 Å². The van der Waals surface area contributed by atoms with Crippen LogP contribution in [0.25, 0.3) is 0 Å². The van der Waals surface area contributed by atoms with Gasteiger partial charge in [-0.05, 0) is 30.5 Å². The fourth-order valence-electron chi connectivity index (χ4n) is 1.68. The standard InChI is InChI=1S/C12H14ClN3S/c1-8-2-3-9(10(13)4-8)5-11(16-14)12-6-17-7-15-12/h2-4,6-7,11,16H,5,14H2,1H3. The molecule has 1 heterocycles. The quantitative estimate of drug-likeness (QED) is 0.662. The summed E-state index contributed by atoms with van der Waals surface area (Å²) in [4.78, 5) is 4.26. The van der Waals surface area contributed by atoms with Crippen LogP contribution in [0.2, 0.25) is 5.02 Å². The van der Waals surface area contributed by atoms with Crippen LogP contribution in [0.3, 0.4) is 0 Å². The molecule has 0 aliphatic heterocycles. The molecule has 3 nitrogen and oxygen atoms in total. The second kappa shape index (κ2) is 5.60. The Kier molecular flexibility index (Phi) is 4.12. The van der Waals surface area contributed by atoms with Crippen LogP contribution >= 0.6 is 22.9 Å². The van der Waals surface area contributed by atoms with Crippen LogP contribution < -0.4 is 11.3 Å². The Hall–Kier alpha value is -0.940. The predicted octanol–water partition coefficient (Wildman–Crippen LogP) is 2.85. The fraction of sp³-hybridized carbons (Fsp3) is 0.250. The molecule has 0 amide bonds. The van der Waals surface area contributed by atoms with Crippen molar-refractivity contribution in [3.05, 3.63) is 50.9 Å². The molecule has 0 radical (unpaired) electrons. The molecule has 1 aromatic carbocycles. The lowest BCUT2D eigenvalue weighted by Crippen LogP contribution is -2.29. The van der Waals surface area contributed by atoms with Crippen LogP contribution in [0.15, 0.2) is 29.1 Å². The number of hydrazine groups is 1. The van der Waals surface area contributed by atoms with E-state index in [0.717, 1.165) is 28.3 Å². The molecule has 0 bridgehead atoms. The Morgan fingerprint density at radius 2 is 2.35 bits per heavy atom. The lowest BCUT2D eigenvalue weighted by molar-refractivity contribution is 0.541. The Balaban J connectivity index is 2.19. The van der Waals surface area contributed by atoms with Gasteiger partial charge in [-0.1, -0.05) is 23.7 Å². The van der Waals surface area contributed by atoms with Crippen LogP contribution in [-0.4, -0.2) is 4.98 Å². The second-order valence-corrected chi connectivity index (χ2v) is 5.06. The molecule has 0 fully saturated rings. The third kappa shape index (κ3) is 3.04. The van der Waals surface area contributed by atoms with Crippen molar-refractivity contribution >= 4 is 22.9 Å². The van der Waals surface area contributed by atoms with E-state index in [-0.39, 0.29) is 6.04 Å². The summed E-state index contributed by atoms with van der Waals surface area (Å²) in [6, 6.07) is 6.05. The van der Waals surface area contributed by atoms with E-state index < -0.39 is 0 Å². The Bertz CT molecular complexity index is 485. The number of hydrogen-bond acceptors (Lipinski definition) is 4. The van der Waals surface area contributed by atoms with Gasteiger partial charge in [-0.25, -0.2) is 4.98 Å². The number of aryl methyl sites for hydroxylation is 1. The van der Waals surface area contributed by atoms with Gasteiger partial charge < -0.3 is 0 Å². The molecule has 5 heteroatoms. The maximum Gasteiger partial charge on any atom is 0.0795 e. The van der Waals surface area contributed by atoms with E-state index in [1.165, 1.54) is 0 Å². The molecule has 0 aliphatic rings. The Morgan fingerprint density at radius 3 is 2.94 bits per heavy atom. The highest BCUT2D eigenvalue weighted by Crippen LogP contribution is 2.24. The summed E-state index contributed by atoms with van der Waals surface area (Å²) in [7, 11) is 0. The van der Waals surface area contributed by atoms with E-state index in [2.05, 4.69) is 16.5 Å². The van der Waals surface area contributed by atoms with E-state index in [9.17, 15) is 0 Å². The number of thiazole rings is 1. The SMILES string of the molecule is Cc1ccc(CC(NN)c2cscn2)c(Cl)c1. The van der Waals surface area contributed by atoms with Crippen LogP contribution in [0.5, 0.6) is 0 Å². The summed E-state index contributed by atoms with van der Waals surface area (Å²) in [6.07, 6.45) is 0.735. The minimum atomic E-state index is 0.00135. The summed E-state index contributed by atoms with van der Waals surface area (Å²) < 4.78 is 0. The smallest absolute Gasteiger partial charge is 0.0795 e. The van der Waals surface area contributed by atoms with Gasteiger partial charge in [0.2, 0.25) is 0 Å². The van der Waals surface area contributed by atoms with Crippen molar-refractivity contribution in [2.75, 3.05) is 0 Å². The molecule has 90 valence electrons. The van der Waals surface area contributed by atoms with Gasteiger partial charge >= 0.3 is 0 Å². The van der Waals surface area contributed by atoms with E-state index in [4.69, 9.17) is 17.4 Å². The molecule has 1 aromatic heterocycles. The third-order valence-corrected chi connectivity index (χ3v) is 3.60. The highest BCUT2D eigenvalue weighted by Gasteiger charge is 2.14. The Labute approximate surface area is 110 Å². The minimum Gasteiger partial charge on any atom is -0.271 e. The lowest BCUT2D eigenvalue weighted by atomic mass is 10.0. The zero-order valence-electron chi connectivity index (χ0n) is 9.48. The first-order valence-electron chi connectivity index (χ1n) is 5.30. The van der Waals surface area contributed by atoms with Gasteiger partial charge in [0.1, 0.15) is 0 Å². The maximum atomic E-state index is 6.21. The highest BCUT2D eigenvalue weighted by atomic mass is 35.5. The summed E-state index contributed by atoms with van der Waals surface area (Å²) in [5.74, 6) is 5.56. The van der Waals surface area contributed by atoms with Gasteiger partial charge in [-0.15, -0.1) is 11.3 Å². The molecule has 17 heavy (non-hydrogen) atoms. The number of halogens is 1. The Morgan fingerprint density at radius 1 is 1.53 bits per heavy atom. The normalized spacial score (nSPS) is 12.6. The molecular formula is C12H14ClN3S. The van der Waals surface area contributed by atoms with Gasteiger partial charge in [0.15, 0.2) is 0 Å². The average Bonchev–Trinajstić information content (AvgIpc) is 2.81. The zero-order chi connectivity index (χ0) is 12.3. The van der Waals surface area contributed by atoms with Crippen LogP contribution in [-0.2, 0) is 6.42 Å². The lowest BCUT2D eigenvalue weighted by Gasteiger charge is -2.14. The third-order valence-electron chi connectivity index (χ3n) is 2.64. The van der Waals surface area contributed by atoms with Crippen molar-refractivity contribution in [2.45, 2.75) is 19.4 Å². The summed E-state index contributed by atoms with van der Waals surface area (Å²) in [6.45, 7) is 2.02. The number of nitrogens with zero attached hydrogens (tertiary/aromatic N) is 1. The largest absolute Gasteiger partial charge is 0.271 e. The van der Waals surface area contributed by atoms with Crippen molar-refractivity contribution < 1.29 is 0 Å². The summed E-state index contributed by atoms with van der Waals surface area (Å²) >= 11 is 7.77. The van der Waals surface area contributed by atoms with Crippen LogP contribution in [0.4, 0.5) is 0 Å². The first-order valence-corrected chi connectivity index (χ1v) is 6.62. The van der Waals surface area contributed by atoms with E-state index in [0.29, 0.717) is 0 Å². The van der Waals surface area contributed by atoms with Gasteiger partial charge in [0.05, 0.1) is 17.2 Å². The highest BCUT2D eigenvalue weighted by molar-refractivity contribution is 7.07. The van der Waals surface area contributed by atoms with Crippen molar-refractivity contribution in [3.63, 3.8) is 0 Å². The van der Waals surface area contributed by atoms with Crippen molar-refractivity contribution in [1.29, 1.82) is 0 Å². The van der Waals surface area contributed by atoms with Gasteiger partial charge in [0, 0.05) is 10.4 Å². The van der Waals surface area contributed by atoms with Crippen molar-refractivity contribution in [2.24, 2.45) is 5.84 Å². The summed E-state index contributed by atoms with van der Waals surface area (Å²) in [5, 5.41) is 2.77. The van der Waals surface area contributed by atoms with Crippen LogP contribution in [0.1, 0.15) is 22.9 Å². The van der Waals surface area contributed by atoms with E-state index in [1.54, 1.807) is 16.8 Å². The van der Waals surface area contributed by atoms with Crippen molar-refractivity contribution in [1.82, 2.24) is 10.4 Å². The van der Waals surface area contributed by atoms with Crippen LogP contribution in [0, 0.1) is 6.92 Å². The zero-order valence-corrected chi connectivity index (χ0v) is 11.1. The van der Waals surface area contributed by atoms with Gasteiger partial charge in [0.25, 0.3) is 0 Å². The fourth-order valence-corrected chi connectivity index (χ4v) is 2.60. The van der Waals surface area contributed by atoms with E-state index >= 15 is 0 Å². The molecule has 2 rings (SSSR count). The molecule has 0 aliphatic carbocycles. The predicted molar refractivity (Wildman–Crippen MR) is 72.1 cm³/mol. The number of nitrogens with two attached hydrogens (primary N) is 1. The molecule has 1 unspecified atom stereocenters. The summed E-state index contributed by atoms with van der Waals surface area (Å²) in [5.41, 5.74) is 7.77. The average molecular weight is 268 g/mol.